The van der Waals surface area contributed by atoms with Crippen LogP contribution in [0.1, 0.15) is 42.5 Å². The van der Waals surface area contributed by atoms with E-state index >= 15 is 0 Å². The van der Waals surface area contributed by atoms with Gasteiger partial charge in [-0.05, 0) is 72.9 Å². The molecule has 2 rings (SSSR count). The molecule has 0 aliphatic heterocycles. The summed E-state index contributed by atoms with van der Waals surface area (Å²) in [7, 11) is 0. The first kappa shape index (κ1) is 19.0. The molecule has 1 N–H and O–H groups in total. The number of hydrogen-bond acceptors (Lipinski definition) is 3. The molecule has 4 heteroatoms. The first-order chi connectivity index (χ1) is 12.5. The molecule has 0 saturated heterocycles. The lowest BCUT2D eigenvalue weighted by Gasteiger charge is -2.12. The minimum atomic E-state index is -0.103. The van der Waals surface area contributed by atoms with Crippen molar-refractivity contribution in [2.75, 3.05) is 6.54 Å². The first-order valence-electron chi connectivity index (χ1n) is 8.52. The van der Waals surface area contributed by atoms with Gasteiger partial charge < -0.3 is 5.32 Å². The summed E-state index contributed by atoms with van der Waals surface area (Å²) >= 11 is 0. The maximum Gasteiger partial charge on any atom is 0.246 e. The topological polar surface area (TPSA) is 76.7 Å². The molecule has 0 aromatic heterocycles. The van der Waals surface area contributed by atoms with E-state index in [4.69, 9.17) is 5.26 Å². The van der Waals surface area contributed by atoms with Crippen molar-refractivity contribution in [3.05, 3.63) is 64.2 Å². The average Bonchev–Trinajstić information content (AvgIpc) is 2.67. The molecule has 0 atom stereocenters. The molecule has 0 aliphatic rings. The van der Waals surface area contributed by atoms with Crippen molar-refractivity contribution < 1.29 is 4.79 Å². The molecule has 0 heterocycles. The molecule has 0 radical (unpaired) electrons. The van der Waals surface area contributed by atoms with Gasteiger partial charge in [-0.25, -0.2) is 0 Å². The zero-order valence-electron chi connectivity index (χ0n) is 15.3. The van der Waals surface area contributed by atoms with Crippen LogP contribution in [-0.4, -0.2) is 12.5 Å². The summed E-state index contributed by atoms with van der Waals surface area (Å²) < 4.78 is 0. The van der Waals surface area contributed by atoms with E-state index in [1.165, 1.54) is 0 Å². The van der Waals surface area contributed by atoms with Crippen LogP contribution in [-0.2, 0) is 4.79 Å². The van der Waals surface area contributed by atoms with E-state index in [1.807, 2.05) is 38.1 Å². The van der Waals surface area contributed by atoms with Crippen molar-refractivity contribution in [2.45, 2.75) is 27.2 Å². The van der Waals surface area contributed by atoms with E-state index in [1.54, 1.807) is 25.1 Å². The van der Waals surface area contributed by atoms with Crippen LogP contribution in [0.25, 0.3) is 17.2 Å². The zero-order chi connectivity index (χ0) is 19.1. The largest absolute Gasteiger partial charge is 0.352 e. The average molecular weight is 343 g/mol. The van der Waals surface area contributed by atoms with Crippen molar-refractivity contribution in [3.63, 3.8) is 0 Å². The van der Waals surface area contributed by atoms with Crippen LogP contribution in [0.3, 0.4) is 0 Å². The molecule has 1 amide bonds. The van der Waals surface area contributed by atoms with E-state index in [2.05, 4.69) is 17.5 Å². The van der Waals surface area contributed by atoms with Crippen LogP contribution in [0.2, 0.25) is 0 Å². The Morgan fingerprint density at radius 2 is 1.77 bits per heavy atom. The van der Waals surface area contributed by atoms with Crippen LogP contribution < -0.4 is 5.32 Å². The number of rotatable bonds is 5. The fourth-order valence-corrected chi connectivity index (χ4v) is 2.65. The molecule has 0 unspecified atom stereocenters. The van der Waals surface area contributed by atoms with Crippen molar-refractivity contribution in [1.29, 1.82) is 10.5 Å². The Morgan fingerprint density at radius 3 is 2.35 bits per heavy atom. The second kappa shape index (κ2) is 8.65. The Morgan fingerprint density at radius 1 is 1.12 bits per heavy atom. The summed E-state index contributed by atoms with van der Waals surface area (Å²) in [4.78, 5) is 12.1. The van der Waals surface area contributed by atoms with E-state index < -0.39 is 0 Å². The molecule has 2 aromatic rings. The van der Waals surface area contributed by atoms with E-state index in [-0.39, 0.29) is 5.91 Å². The second-order valence-corrected chi connectivity index (χ2v) is 6.12. The Kier molecular flexibility index (Phi) is 6.31. The lowest BCUT2D eigenvalue weighted by atomic mass is 9.92. The van der Waals surface area contributed by atoms with Crippen LogP contribution in [0.15, 0.2) is 42.0 Å². The summed E-state index contributed by atoms with van der Waals surface area (Å²) in [6.45, 7) is 6.38. The number of amides is 1. The monoisotopic (exact) mass is 343 g/mol. The molecule has 0 spiro atoms. The summed E-state index contributed by atoms with van der Waals surface area (Å²) in [5, 5.41) is 21.2. The van der Waals surface area contributed by atoms with Gasteiger partial charge >= 0.3 is 0 Å². The van der Waals surface area contributed by atoms with Gasteiger partial charge in [-0.3, -0.25) is 4.79 Å². The Bertz CT molecular complexity index is 926. The van der Waals surface area contributed by atoms with Gasteiger partial charge in [0.25, 0.3) is 0 Å². The van der Waals surface area contributed by atoms with Gasteiger partial charge in [0.15, 0.2) is 0 Å². The van der Waals surface area contributed by atoms with Crippen molar-refractivity contribution >= 4 is 12.0 Å². The third-order valence-electron chi connectivity index (χ3n) is 4.17. The maximum absolute atomic E-state index is 12.1. The fraction of sp³-hybridized carbons (Fsp3) is 0.227. The summed E-state index contributed by atoms with van der Waals surface area (Å²) in [5.74, 6) is -0.103. The molecular weight excluding hydrogens is 322 g/mol. The third kappa shape index (κ3) is 4.37. The summed E-state index contributed by atoms with van der Waals surface area (Å²) in [5.41, 5.74) is 5.39. The second-order valence-electron chi connectivity index (χ2n) is 6.12. The smallest absolute Gasteiger partial charge is 0.246 e. The van der Waals surface area contributed by atoms with Gasteiger partial charge in [0, 0.05) is 12.1 Å². The SMILES string of the molecule is CCCNC(=O)/C(C)=C/c1cc(C#N)cc(-c2ccc(C#N)cc2)c1C. The van der Waals surface area contributed by atoms with Crippen molar-refractivity contribution in [3.8, 4) is 23.3 Å². The van der Waals surface area contributed by atoms with Gasteiger partial charge in [0.1, 0.15) is 0 Å². The van der Waals surface area contributed by atoms with Gasteiger partial charge in [-0.15, -0.1) is 0 Å². The summed E-state index contributed by atoms with van der Waals surface area (Å²) in [6.07, 6.45) is 2.69. The van der Waals surface area contributed by atoms with E-state index in [9.17, 15) is 10.1 Å². The van der Waals surface area contributed by atoms with Gasteiger partial charge in [0.2, 0.25) is 5.91 Å². The Labute approximate surface area is 154 Å². The van der Waals surface area contributed by atoms with Crippen molar-refractivity contribution in [2.24, 2.45) is 0 Å². The number of hydrogen-bond donors (Lipinski definition) is 1. The van der Waals surface area contributed by atoms with Crippen LogP contribution in [0.4, 0.5) is 0 Å². The Hall–Kier alpha value is -3.37. The number of nitriles is 2. The number of nitrogens with one attached hydrogen (secondary N) is 1. The number of carbonyl (C=O) groups excluding carboxylic acids is 1. The maximum atomic E-state index is 12.1. The molecule has 2 aromatic carbocycles. The number of nitrogens with zero attached hydrogens (tertiary/aromatic N) is 2. The molecule has 4 nitrogen and oxygen atoms in total. The minimum absolute atomic E-state index is 0.103. The third-order valence-corrected chi connectivity index (χ3v) is 4.17. The van der Waals surface area contributed by atoms with Crippen molar-refractivity contribution in [1.82, 2.24) is 5.32 Å². The van der Waals surface area contributed by atoms with Crippen LogP contribution in [0, 0.1) is 29.6 Å². The van der Waals surface area contributed by atoms with Gasteiger partial charge in [-0.2, -0.15) is 10.5 Å². The molecule has 26 heavy (non-hydrogen) atoms. The predicted octanol–water partition coefficient (Wildman–Crippen LogP) is 4.33. The number of carbonyl (C=O) groups is 1. The Balaban J connectivity index is 2.49. The lowest BCUT2D eigenvalue weighted by Crippen LogP contribution is -2.24. The van der Waals surface area contributed by atoms with Crippen LogP contribution in [0.5, 0.6) is 0 Å². The van der Waals surface area contributed by atoms with E-state index in [0.717, 1.165) is 28.7 Å². The minimum Gasteiger partial charge on any atom is -0.352 e. The van der Waals surface area contributed by atoms with E-state index in [0.29, 0.717) is 23.2 Å². The quantitative estimate of drug-likeness (QED) is 0.821. The molecule has 0 saturated carbocycles. The predicted molar refractivity (Wildman–Crippen MR) is 103 cm³/mol. The fourth-order valence-electron chi connectivity index (χ4n) is 2.65. The highest BCUT2D eigenvalue weighted by Gasteiger charge is 2.10. The molecule has 0 aliphatic carbocycles. The molecule has 0 fully saturated rings. The molecule has 0 bridgehead atoms. The van der Waals surface area contributed by atoms with Gasteiger partial charge in [-0.1, -0.05) is 19.1 Å². The van der Waals surface area contributed by atoms with Crippen LogP contribution >= 0.6 is 0 Å². The molecule has 130 valence electrons. The highest BCUT2D eigenvalue weighted by atomic mass is 16.1. The zero-order valence-corrected chi connectivity index (χ0v) is 15.3. The normalized spacial score (nSPS) is 10.7. The standard InChI is InChI=1S/C22H21N3O/c1-4-9-25-22(26)15(2)10-20-11-18(14-24)12-21(16(20)3)19-7-5-17(13-23)6-8-19/h5-8,10-12H,4,9H2,1-3H3,(H,25,26)/b15-10+. The summed E-state index contributed by atoms with van der Waals surface area (Å²) in [6, 6.07) is 15.2. The van der Waals surface area contributed by atoms with Gasteiger partial charge in [0.05, 0.1) is 23.3 Å². The highest BCUT2D eigenvalue weighted by Crippen LogP contribution is 2.29. The lowest BCUT2D eigenvalue weighted by molar-refractivity contribution is -0.117. The highest BCUT2D eigenvalue weighted by molar-refractivity contribution is 5.97. The molecular formula is C22H21N3O. The number of benzene rings is 2. The first-order valence-corrected chi connectivity index (χ1v) is 8.52.